The van der Waals surface area contributed by atoms with E-state index in [0.29, 0.717) is 25.7 Å². The first-order chi connectivity index (χ1) is 11.4. The Morgan fingerprint density at radius 3 is 2.54 bits per heavy atom. The van der Waals surface area contributed by atoms with Crippen LogP contribution in [0.4, 0.5) is 0 Å². The van der Waals surface area contributed by atoms with Gasteiger partial charge in [0.25, 0.3) is 0 Å². The molecule has 0 radical (unpaired) electrons. The standard InChI is InChI=1S/C20H28O4/c1-6-21-17-11-14(19-22-7-8-23-19)10-16-15(9-13(2)3)12-20(4,5)24-18(16)17/h10-13,19H,6-9H2,1-5H3. The molecule has 0 bridgehead atoms. The van der Waals surface area contributed by atoms with Gasteiger partial charge in [-0.2, -0.15) is 0 Å². The normalized spacial score (nSPS) is 19.8. The maximum Gasteiger partial charge on any atom is 0.184 e. The third-order valence-electron chi connectivity index (χ3n) is 4.13. The first-order valence-electron chi connectivity index (χ1n) is 8.84. The van der Waals surface area contributed by atoms with Crippen molar-refractivity contribution in [2.75, 3.05) is 19.8 Å². The molecule has 1 fully saturated rings. The lowest BCUT2D eigenvalue weighted by Crippen LogP contribution is -2.29. The summed E-state index contributed by atoms with van der Waals surface area (Å²) in [6, 6.07) is 4.13. The molecule has 2 heterocycles. The minimum Gasteiger partial charge on any atom is -0.490 e. The number of ether oxygens (including phenoxy) is 4. The lowest BCUT2D eigenvalue weighted by molar-refractivity contribution is -0.0443. The van der Waals surface area contributed by atoms with Crippen LogP contribution in [-0.4, -0.2) is 25.4 Å². The molecule has 132 valence electrons. The van der Waals surface area contributed by atoms with Crippen molar-refractivity contribution in [2.45, 2.75) is 52.9 Å². The molecule has 0 aromatic heterocycles. The van der Waals surface area contributed by atoms with Gasteiger partial charge in [0, 0.05) is 11.1 Å². The fraction of sp³-hybridized carbons (Fsp3) is 0.600. The van der Waals surface area contributed by atoms with E-state index >= 15 is 0 Å². The monoisotopic (exact) mass is 332 g/mol. The van der Waals surface area contributed by atoms with E-state index in [1.165, 1.54) is 5.57 Å². The number of benzene rings is 1. The Labute approximate surface area is 144 Å². The third kappa shape index (κ3) is 3.60. The zero-order valence-corrected chi connectivity index (χ0v) is 15.3. The van der Waals surface area contributed by atoms with Gasteiger partial charge in [-0.1, -0.05) is 13.8 Å². The number of fused-ring (bicyclic) bond motifs is 1. The van der Waals surface area contributed by atoms with Gasteiger partial charge in [-0.3, -0.25) is 0 Å². The summed E-state index contributed by atoms with van der Waals surface area (Å²) in [7, 11) is 0. The van der Waals surface area contributed by atoms with Crippen LogP contribution < -0.4 is 9.47 Å². The highest BCUT2D eigenvalue weighted by atomic mass is 16.7. The van der Waals surface area contributed by atoms with Gasteiger partial charge in [-0.25, -0.2) is 0 Å². The summed E-state index contributed by atoms with van der Waals surface area (Å²) >= 11 is 0. The highest BCUT2D eigenvalue weighted by Crippen LogP contribution is 2.46. The second kappa shape index (κ2) is 6.77. The van der Waals surface area contributed by atoms with Gasteiger partial charge >= 0.3 is 0 Å². The highest BCUT2D eigenvalue weighted by Gasteiger charge is 2.31. The van der Waals surface area contributed by atoms with Crippen molar-refractivity contribution in [1.29, 1.82) is 0 Å². The molecule has 1 aromatic carbocycles. The fourth-order valence-corrected chi connectivity index (χ4v) is 3.32. The van der Waals surface area contributed by atoms with E-state index in [4.69, 9.17) is 18.9 Å². The largest absolute Gasteiger partial charge is 0.490 e. The van der Waals surface area contributed by atoms with Crippen molar-refractivity contribution < 1.29 is 18.9 Å². The molecule has 24 heavy (non-hydrogen) atoms. The van der Waals surface area contributed by atoms with Crippen LogP contribution in [0, 0.1) is 5.92 Å². The van der Waals surface area contributed by atoms with Crippen LogP contribution in [0.25, 0.3) is 5.57 Å². The molecule has 0 spiro atoms. The summed E-state index contributed by atoms with van der Waals surface area (Å²) in [5, 5.41) is 0. The van der Waals surface area contributed by atoms with Crippen molar-refractivity contribution in [3.05, 3.63) is 29.3 Å². The minimum atomic E-state index is -0.342. The Balaban J connectivity index is 2.09. The number of allylic oxidation sites excluding steroid dienone is 1. The van der Waals surface area contributed by atoms with Crippen LogP contribution in [0.3, 0.4) is 0 Å². The zero-order valence-electron chi connectivity index (χ0n) is 15.3. The number of hydrogen-bond donors (Lipinski definition) is 0. The first-order valence-corrected chi connectivity index (χ1v) is 8.84. The lowest BCUT2D eigenvalue weighted by Gasteiger charge is -2.33. The molecule has 0 aliphatic carbocycles. The Kier molecular flexibility index (Phi) is 4.88. The molecule has 1 aromatic rings. The number of hydrogen-bond acceptors (Lipinski definition) is 4. The quantitative estimate of drug-likeness (QED) is 0.781. The van der Waals surface area contributed by atoms with Crippen molar-refractivity contribution in [3.63, 3.8) is 0 Å². The molecule has 0 unspecified atom stereocenters. The van der Waals surface area contributed by atoms with E-state index in [1.54, 1.807) is 0 Å². The molecule has 0 atom stereocenters. The highest BCUT2D eigenvalue weighted by molar-refractivity contribution is 5.76. The molecule has 4 nitrogen and oxygen atoms in total. The summed E-state index contributed by atoms with van der Waals surface area (Å²) in [5.41, 5.74) is 3.05. The van der Waals surface area contributed by atoms with Crippen LogP contribution >= 0.6 is 0 Å². The van der Waals surface area contributed by atoms with E-state index in [9.17, 15) is 0 Å². The second-order valence-electron chi connectivity index (χ2n) is 7.38. The third-order valence-corrected chi connectivity index (χ3v) is 4.13. The summed E-state index contributed by atoms with van der Waals surface area (Å²) in [6.45, 7) is 12.5. The smallest absolute Gasteiger partial charge is 0.184 e. The Morgan fingerprint density at radius 2 is 1.92 bits per heavy atom. The lowest BCUT2D eigenvalue weighted by atomic mass is 9.88. The summed E-state index contributed by atoms with van der Waals surface area (Å²) in [4.78, 5) is 0. The van der Waals surface area contributed by atoms with Crippen LogP contribution in [-0.2, 0) is 9.47 Å². The number of rotatable bonds is 5. The van der Waals surface area contributed by atoms with Crippen LogP contribution in [0.2, 0.25) is 0 Å². The first kappa shape index (κ1) is 17.3. The molecule has 2 aliphatic heterocycles. The van der Waals surface area contributed by atoms with Crippen molar-refractivity contribution in [3.8, 4) is 11.5 Å². The van der Waals surface area contributed by atoms with Gasteiger partial charge in [-0.15, -0.1) is 0 Å². The molecule has 0 N–H and O–H groups in total. The predicted molar refractivity (Wildman–Crippen MR) is 94.4 cm³/mol. The summed E-state index contributed by atoms with van der Waals surface area (Å²) in [6.07, 6.45) is 2.91. The molecule has 0 amide bonds. The van der Waals surface area contributed by atoms with Gasteiger partial charge in [0.2, 0.25) is 0 Å². The molecule has 3 rings (SSSR count). The van der Waals surface area contributed by atoms with Crippen molar-refractivity contribution in [1.82, 2.24) is 0 Å². The fourth-order valence-electron chi connectivity index (χ4n) is 3.32. The van der Waals surface area contributed by atoms with Crippen LogP contribution in [0.1, 0.15) is 58.5 Å². The van der Waals surface area contributed by atoms with E-state index in [2.05, 4.69) is 39.8 Å². The topological polar surface area (TPSA) is 36.9 Å². The average molecular weight is 332 g/mol. The average Bonchev–Trinajstić information content (AvgIpc) is 3.01. The van der Waals surface area contributed by atoms with Crippen molar-refractivity contribution >= 4 is 5.57 Å². The van der Waals surface area contributed by atoms with Gasteiger partial charge in [0.1, 0.15) is 5.60 Å². The minimum absolute atomic E-state index is 0.315. The molecule has 1 saturated heterocycles. The maximum absolute atomic E-state index is 6.25. The SMILES string of the molecule is CCOc1cc(C2OCCO2)cc2c1OC(C)(C)C=C2CC(C)C. The van der Waals surface area contributed by atoms with Crippen LogP contribution in [0.5, 0.6) is 11.5 Å². The van der Waals surface area contributed by atoms with Gasteiger partial charge in [0.05, 0.1) is 19.8 Å². The summed E-state index contributed by atoms with van der Waals surface area (Å²) in [5.74, 6) is 2.17. The maximum atomic E-state index is 6.25. The Morgan fingerprint density at radius 1 is 1.21 bits per heavy atom. The van der Waals surface area contributed by atoms with Gasteiger partial charge in [0.15, 0.2) is 17.8 Å². The molecule has 2 aliphatic rings. The van der Waals surface area contributed by atoms with Crippen molar-refractivity contribution in [2.24, 2.45) is 5.92 Å². The Hall–Kier alpha value is -1.52. The zero-order chi connectivity index (χ0) is 17.3. The molecular formula is C20H28O4. The van der Waals surface area contributed by atoms with E-state index in [-0.39, 0.29) is 11.9 Å². The Bertz CT molecular complexity index is 625. The van der Waals surface area contributed by atoms with Crippen LogP contribution in [0.15, 0.2) is 18.2 Å². The molecule has 4 heteroatoms. The van der Waals surface area contributed by atoms with E-state index in [1.807, 2.05) is 13.0 Å². The predicted octanol–water partition coefficient (Wildman–Crippen LogP) is 4.73. The molecule has 0 saturated carbocycles. The van der Waals surface area contributed by atoms with E-state index < -0.39 is 0 Å². The molecular weight excluding hydrogens is 304 g/mol. The summed E-state index contributed by atoms with van der Waals surface area (Å²) < 4.78 is 23.5. The van der Waals surface area contributed by atoms with E-state index in [0.717, 1.165) is 29.0 Å². The second-order valence-corrected chi connectivity index (χ2v) is 7.38. The van der Waals surface area contributed by atoms with Gasteiger partial charge < -0.3 is 18.9 Å². The van der Waals surface area contributed by atoms with Gasteiger partial charge in [-0.05, 0) is 56.9 Å².